The van der Waals surface area contributed by atoms with Gasteiger partial charge in [-0.3, -0.25) is 13.9 Å². The average molecular weight is 661 g/mol. The van der Waals surface area contributed by atoms with E-state index in [2.05, 4.69) is 21.2 Å². The zero-order chi connectivity index (χ0) is 31.2. The molecule has 0 aliphatic heterocycles. The average Bonchev–Trinajstić information content (AvgIpc) is 2.93. The minimum Gasteiger partial charge on any atom is -0.493 e. The number of benzene rings is 3. The van der Waals surface area contributed by atoms with Crippen molar-refractivity contribution in [3.8, 4) is 11.5 Å². The molecule has 0 heterocycles. The van der Waals surface area contributed by atoms with Crippen LogP contribution in [0.2, 0.25) is 0 Å². The molecule has 0 aromatic heterocycles. The Kier molecular flexibility index (Phi) is 10.7. The zero-order valence-electron chi connectivity index (χ0n) is 25.0. The first-order chi connectivity index (χ1) is 19.7. The summed E-state index contributed by atoms with van der Waals surface area (Å²) < 4.78 is 40.7. The number of nitrogens with one attached hydrogen (secondary N) is 1. The fourth-order valence-corrected chi connectivity index (χ4v) is 6.09. The van der Waals surface area contributed by atoms with Crippen LogP contribution >= 0.6 is 15.9 Å². The van der Waals surface area contributed by atoms with Crippen molar-refractivity contribution in [2.75, 3.05) is 25.1 Å². The van der Waals surface area contributed by atoms with Gasteiger partial charge in [0.15, 0.2) is 11.5 Å². The first kappa shape index (κ1) is 32.9. The molecule has 0 radical (unpaired) electrons. The number of methoxy groups -OCH3 is 2. The Morgan fingerprint density at radius 2 is 1.60 bits per heavy atom. The van der Waals surface area contributed by atoms with Crippen LogP contribution in [0, 0.1) is 6.92 Å². The number of halogens is 1. The fourth-order valence-electron chi connectivity index (χ4n) is 4.23. The number of carbonyl (C=O) groups excluding carboxylic acids is 2. The van der Waals surface area contributed by atoms with E-state index in [1.807, 2.05) is 52.0 Å². The molecule has 0 bridgehead atoms. The van der Waals surface area contributed by atoms with E-state index in [1.54, 1.807) is 31.2 Å². The second kappa shape index (κ2) is 13.6. The van der Waals surface area contributed by atoms with Gasteiger partial charge in [-0.2, -0.15) is 0 Å². The Hall–Kier alpha value is -3.57. The predicted molar refractivity (Wildman–Crippen MR) is 167 cm³/mol. The number of hydrogen-bond acceptors (Lipinski definition) is 6. The third-order valence-electron chi connectivity index (χ3n) is 6.45. The van der Waals surface area contributed by atoms with Gasteiger partial charge in [-0.05, 0) is 76.6 Å². The second-order valence-corrected chi connectivity index (χ2v) is 13.7. The molecule has 0 aliphatic rings. The van der Waals surface area contributed by atoms with Gasteiger partial charge in [0.05, 0.1) is 24.8 Å². The Labute approximate surface area is 257 Å². The van der Waals surface area contributed by atoms with Crippen LogP contribution in [0.1, 0.15) is 38.8 Å². The summed E-state index contributed by atoms with van der Waals surface area (Å²) in [5.74, 6) is -0.207. The first-order valence-electron chi connectivity index (χ1n) is 13.3. The molecule has 3 rings (SSSR count). The number of amides is 2. The van der Waals surface area contributed by atoms with Gasteiger partial charge in [0.25, 0.3) is 10.0 Å². The Morgan fingerprint density at radius 1 is 0.952 bits per heavy atom. The molecule has 0 unspecified atom stereocenters. The predicted octanol–water partition coefficient (Wildman–Crippen LogP) is 5.30. The summed E-state index contributed by atoms with van der Waals surface area (Å²) >= 11 is 3.46. The smallest absolute Gasteiger partial charge is 0.264 e. The Bertz CT molecular complexity index is 1520. The minimum atomic E-state index is -4.22. The Morgan fingerprint density at radius 3 is 2.17 bits per heavy atom. The molecule has 0 saturated carbocycles. The lowest BCUT2D eigenvalue weighted by molar-refractivity contribution is -0.140. The van der Waals surface area contributed by atoms with Crippen molar-refractivity contribution in [2.24, 2.45) is 0 Å². The van der Waals surface area contributed by atoms with Gasteiger partial charge in [-0.15, -0.1) is 0 Å². The van der Waals surface area contributed by atoms with E-state index in [0.29, 0.717) is 11.5 Å². The van der Waals surface area contributed by atoms with E-state index in [9.17, 15) is 18.0 Å². The van der Waals surface area contributed by atoms with Crippen LogP contribution in [0.25, 0.3) is 0 Å². The van der Waals surface area contributed by atoms with Crippen molar-refractivity contribution < 1.29 is 27.5 Å². The molecule has 2 amide bonds. The normalized spacial score (nSPS) is 12.3. The van der Waals surface area contributed by atoms with E-state index < -0.39 is 34.1 Å². The van der Waals surface area contributed by atoms with E-state index in [1.165, 1.54) is 37.3 Å². The number of nitrogens with zero attached hydrogens (tertiary/aromatic N) is 2. The molecule has 0 saturated heterocycles. The van der Waals surface area contributed by atoms with Crippen molar-refractivity contribution in [1.82, 2.24) is 10.2 Å². The highest BCUT2D eigenvalue weighted by molar-refractivity contribution is 9.10. The first-order valence-corrected chi connectivity index (χ1v) is 15.6. The van der Waals surface area contributed by atoms with Crippen LogP contribution in [-0.2, 0) is 26.2 Å². The standard InChI is InChI=1S/C31H38BrN3O6S/c1-21-11-14-26(15-12-21)42(38,39)35(25-13-16-27(40-6)28(18-25)41-7)20-29(36)34(19-23-9-8-10-24(32)17-23)22(2)30(37)33-31(3,4)5/h8-18,22H,19-20H2,1-7H3,(H,33,37)/t22-/m0/s1. The van der Waals surface area contributed by atoms with Crippen LogP contribution in [0.15, 0.2) is 76.1 Å². The van der Waals surface area contributed by atoms with Crippen LogP contribution in [0.4, 0.5) is 5.69 Å². The van der Waals surface area contributed by atoms with Crippen molar-refractivity contribution in [3.63, 3.8) is 0 Å². The molecule has 0 aliphatic carbocycles. The third-order valence-corrected chi connectivity index (χ3v) is 8.73. The highest BCUT2D eigenvalue weighted by Crippen LogP contribution is 2.34. The summed E-state index contributed by atoms with van der Waals surface area (Å²) in [7, 11) is -1.29. The van der Waals surface area contributed by atoms with Crippen molar-refractivity contribution >= 4 is 43.5 Å². The third kappa shape index (κ3) is 8.25. The van der Waals surface area contributed by atoms with Gasteiger partial charge < -0.3 is 19.7 Å². The lowest BCUT2D eigenvalue weighted by Crippen LogP contribution is -2.54. The summed E-state index contributed by atoms with van der Waals surface area (Å²) in [6, 6.07) is 17.5. The number of rotatable bonds is 11. The van der Waals surface area contributed by atoms with Crippen molar-refractivity contribution in [3.05, 3.63) is 82.3 Å². The monoisotopic (exact) mass is 659 g/mol. The van der Waals surface area contributed by atoms with E-state index in [0.717, 1.165) is 19.9 Å². The molecular formula is C31H38BrN3O6S. The molecular weight excluding hydrogens is 622 g/mol. The van der Waals surface area contributed by atoms with Gasteiger partial charge in [-0.1, -0.05) is 45.8 Å². The molecule has 226 valence electrons. The largest absolute Gasteiger partial charge is 0.493 e. The van der Waals surface area contributed by atoms with E-state index in [-0.39, 0.29) is 23.0 Å². The number of hydrogen-bond donors (Lipinski definition) is 1. The lowest BCUT2D eigenvalue weighted by atomic mass is 10.1. The summed E-state index contributed by atoms with van der Waals surface area (Å²) in [5, 5.41) is 2.92. The molecule has 0 spiro atoms. The number of carbonyl (C=O) groups is 2. The molecule has 1 N–H and O–H groups in total. The van der Waals surface area contributed by atoms with Crippen molar-refractivity contribution in [1.29, 1.82) is 0 Å². The molecule has 9 nitrogen and oxygen atoms in total. The van der Waals surface area contributed by atoms with Gasteiger partial charge >= 0.3 is 0 Å². The molecule has 42 heavy (non-hydrogen) atoms. The van der Waals surface area contributed by atoms with Gasteiger partial charge in [-0.25, -0.2) is 8.42 Å². The molecule has 1 atom stereocenters. The molecule has 11 heteroatoms. The number of aryl methyl sites for hydroxylation is 1. The van der Waals surface area contributed by atoms with Gasteiger partial charge in [0.2, 0.25) is 11.8 Å². The lowest BCUT2D eigenvalue weighted by Gasteiger charge is -2.33. The van der Waals surface area contributed by atoms with Crippen LogP contribution in [0.5, 0.6) is 11.5 Å². The van der Waals surface area contributed by atoms with Crippen LogP contribution in [-0.4, -0.2) is 57.5 Å². The van der Waals surface area contributed by atoms with E-state index in [4.69, 9.17) is 9.47 Å². The molecule has 3 aromatic rings. The van der Waals surface area contributed by atoms with Crippen molar-refractivity contribution in [2.45, 2.75) is 57.6 Å². The van der Waals surface area contributed by atoms with Gasteiger partial charge in [0.1, 0.15) is 12.6 Å². The van der Waals surface area contributed by atoms with Crippen LogP contribution < -0.4 is 19.1 Å². The summed E-state index contributed by atoms with van der Waals surface area (Å²) in [5.41, 5.74) is 1.33. The molecule has 3 aromatic carbocycles. The Balaban J connectivity index is 2.10. The highest BCUT2D eigenvalue weighted by Gasteiger charge is 2.33. The van der Waals surface area contributed by atoms with E-state index >= 15 is 0 Å². The fraction of sp³-hybridized carbons (Fsp3) is 0.355. The number of ether oxygens (including phenoxy) is 2. The number of anilines is 1. The summed E-state index contributed by atoms with van der Waals surface area (Å²) in [6.45, 7) is 8.57. The maximum absolute atomic E-state index is 14.1. The zero-order valence-corrected chi connectivity index (χ0v) is 27.4. The van der Waals surface area contributed by atoms with Gasteiger partial charge in [0, 0.05) is 22.6 Å². The highest BCUT2D eigenvalue weighted by atomic mass is 79.9. The maximum Gasteiger partial charge on any atom is 0.264 e. The number of sulfonamides is 1. The SMILES string of the molecule is COc1ccc(N(CC(=O)N(Cc2cccc(Br)c2)[C@@H](C)C(=O)NC(C)(C)C)S(=O)(=O)c2ccc(C)cc2)cc1OC. The second-order valence-electron chi connectivity index (χ2n) is 10.9. The topological polar surface area (TPSA) is 105 Å². The van der Waals surface area contributed by atoms with Crippen LogP contribution in [0.3, 0.4) is 0 Å². The summed E-state index contributed by atoms with van der Waals surface area (Å²) in [6.07, 6.45) is 0. The maximum atomic E-state index is 14.1. The molecule has 0 fully saturated rings. The quantitative estimate of drug-likeness (QED) is 0.299. The summed E-state index contributed by atoms with van der Waals surface area (Å²) in [4.78, 5) is 28.8. The minimum absolute atomic E-state index is 0.0211.